The first-order valence-corrected chi connectivity index (χ1v) is 5.14. The van der Waals surface area contributed by atoms with Crippen molar-refractivity contribution >= 4 is 17.7 Å². The van der Waals surface area contributed by atoms with Crippen LogP contribution in [0.4, 0.5) is 0 Å². The van der Waals surface area contributed by atoms with Gasteiger partial charge in [0.05, 0.1) is 10.9 Å². The fourth-order valence-electron chi connectivity index (χ4n) is 0.842. The van der Waals surface area contributed by atoms with Crippen LogP contribution in [0.2, 0.25) is 0 Å². The van der Waals surface area contributed by atoms with E-state index < -0.39 is 5.97 Å². The third-order valence-corrected chi connectivity index (χ3v) is 3.22. The maximum atomic E-state index is 10.7. The minimum Gasteiger partial charge on any atom is -0.481 e. The number of hydrogen-bond donors (Lipinski definition) is 1. The average Bonchev–Trinajstić information content (AvgIpc) is 2.18. The molecule has 0 saturated carbocycles. The number of carboxylic acids is 1. The van der Waals surface area contributed by atoms with Crippen molar-refractivity contribution in [3.05, 3.63) is 18.6 Å². The molecule has 0 aromatic carbocycles. The van der Waals surface area contributed by atoms with Crippen LogP contribution in [0.1, 0.15) is 13.8 Å². The second kappa shape index (κ2) is 4.95. The normalized spacial score (nSPS) is 14.7. The molecule has 2 unspecified atom stereocenters. The Bertz CT molecular complexity index is 305. The van der Waals surface area contributed by atoms with Crippen LogP contribution in [0, 0.1) is 5.92 Å². The number of aliphatic carboxylic acids is 1. The first-order valence-electron chi connectivity index (χ1n) is 4.26. The van der Waals surface area contributed by atoms with Gasteiger partial charge in [-0.05, 0) is 6.07 Å². The van der Waals surface area contributed by atoms with Crippen LogP contribution in [0.3, 0.4) is 0 Å². The monoisotopic (exact) mass is 212 g/mol. The summed E-state index contributed by atoms with van der Waals surface area (Å²) in [5.74, 6) is -1.16. The van der Waals surface area contributed by atoms with Gasteiger partial charge in [-0.2, -0.15) is 0 Å². The molecule has 0 bridgehead atoms. The molecular weight excluding hydrogens is 200 g/mol. The Morgan fingerprint density at radius 3 is 2.79 bits per heavy atom. The summed E-state index contributed by atoms with van der Waals surface area (Å²) >= 11 is 1.45. The highest BCUT2D eigenvalue weighted by atomic mass is 32.2. The lowest BCUT2D eigenvalue weighted by atomic mass is 10.1. The van der Waals surface area contributed by atoms with Crippen molar-refractivity contribution in [1.29, 1.82) is 0 Å². The molecule has 0 aliphatic heterocycles. The summed E-state index contributed by atoms with van der Waals surface area (Å²) < 4.78 is 0. The topological polar surface area (TPSA) is 63.1 Å². The molecule has 0 aliphatic rings. The zero-order valence-electron chi connectivity index (χ0n) is 8.04. The molecule has 5 heteroatoms. The van der Waals surface area contributed by atoms with Crippen molar-refractivity contribution in [3.63, 3.8) is 0 Å². The van der Waals surface area contributed by atoms with E-state index in [2.05, 4.69) is 9.97 Å². The van der Waals surface area contributed by atoms with E-state index in [0.717, 1.165) is 5.03 Å². The number of carboxylic acid groups (broad SMARTS) is 1. The quantitative estimate of drug-likeness (QED) is 0.607. The average molecular weight is 212 g/mol. The maximum Gasteiger partial charge on any atom is 0.307 e. The third kappa shape index (κ3) is 2.99. The largest absolute Gasteiger partial charge is 0.481 e. The van der Waals surface area contributed by atoms with E-state index in [1.165, 1.54) is 18.1 Å². The summed E-state index contributed by atoms with van der Waals surface area (Å²) in [6.07, 6.45) is 3.11. The van der Waals surface area contributed by atoms with E-state index >= 15 is 0 Å². The van der Waals surface area contributed by atoms with Crippen LogP contribution >= 0.6 is 11.8 Å². The lowest BCUT2D eigenvalue weighted by Gasteiger charge is -2.14. The Kier molecular flexibility index (Phi) is 3.88. The number of carbonyl (C=O) groups is 1. The summed E-state index contributed by atoms with van der Waals surface area (Å²) in [7, 11) is 0. The molecule has 0 saturated heterocycles. The lowest BCUT2D eigenvalue weighted by Crippen LogP contribution is -2.20. The van der Waals surface area contributed by atoms with Crippen molar-refractivity contribution in [1.82, 2.24) is 9.97 Å². The highest BCUT2D eigenvalue weighted by molar-refractivity contribution is 7.99. The van der Waals surface area contributed by atoms with Gasteiger partial charge in [0.2, 0.25) is 0 Å². The van der Waals surface area contributed by atoms with Gasteiger partial charge in [-0.15, -0.1) is 11.8 Å². The Morgan fingerprint density at radius 2 is 2.29 bits per heavy atom. The van der Waals surface area contributed by atoms with Crippen LogP contribution in [0.5, 0.6) is 0 Å². The summed E-state index contributed by atoms with van der Waals surface area (Å²) in [4.78, 5) is 18.5. The highest BCUT2D eigenvalue weighted by Gasteiger charge is 2.20. The van der Waals surface area contributed by atoms with Crippen LogP contribution in [-0.4, -0.2) is 26.3 Å². The molecule has 0 amide bonds. The number of thioether (sulfide) groups is 1. The molecule has 1 aromatic rings. The fourth-order valence-corrected chi connectivity index (χ4v) is 1.79. The Labute approximate surface area is 86.8 Å². The number of hydrogen-bond acceptors (Lipinski definition) is 4. The molecule has 0 fully saturated rings. The van der Waals surface area contributed by atoms with E-state index in [4.69, 9.17) is 5.11 Å². The van der Waals surface area contributed by atoms with Gasteiger partial charge in [0.1, 0.15) is 6.33 Å². The maximum absolute atomic E-state index is 10.7. The van der Waals surface area contributed by atoms with Gasteiger partial charge in [-0.1, -0.05) is 13.8 Å². The first kappa shape index (κ1) is 11.0. The summed E-state index contributed by atoms with van der Waals surface area (Å²) in [5.41, 5.74) is 0. The van der Waals surface area contributed by atoms with E-state index in [-0.39, 0.29) is 11.2 Å². The molecule has 1 N–H and O–H groups in total. The Balaban J connectivity index is 2.57. The van der Waals surface area contributed by atoms with Crippen molar-refractivity contribution in [3.8, 4) is 0 Å². The fraction of sp³-hybridized carbons (Fsp3) is 0.444. The Morgan fingerprint density at radius 1 is 1.57 bits per heavy atom. The molecule has 14 heavy (non-hydrogen) atoms. The standard InChI is InChI=1S/C9H12N2O2S/c1-6(9(12)13)7(2)14-8-3-4-10-5-11-8/h3-7H,1-2H3,(H,12,13). The Hall–Kier alpha value is -1.10. The van der Waals surface area contributed by atoms with E-state index in [0.29, 0.717) is 0 Å². The third-order valence-electron chi connectivity index (χ3n) is 1.96. The number of nitrogens with zero attached hydrogens (tertiary/aromatic N) is 2. The zero-order valence-corrected chi connectivity index (χ0v) is 8.86. The summed E-state index contributed by atoms with van der Waals surface area (Å²) in [6, 6.07) is 1.77. The van der Waals surface area contributed by atoms with Crippen LogP contribution < -0.4 is 0 Å². The summed E-state index contributed by atoms with van der Waals surface area (Å²) in [5, 5.41) is 9.59. The second-order valence-corrected chi connectivity index (χ2v) is 4.40. The van der Waals surface area contributed by atoms with Crippen molar-refractivity contribution < 1.29 is 9.90 Å². The molecule has 0 radical (unpaired) electrons. The van der Waals surface area contributed by atoms with Gasteiger partial charge in [-0.25, -0.2) is 9.97 Å². The van der Waals surface area contributed by atoms with Crippen molar-refractivity contribution in [2.75, 3.05) is 0 Å². The molecule has 0 spiro atoms. The van der Waals surface area contributed by atoms with Gasteiger partial charge in [0.25, 0.3) is 0 Å². The molecule has 76 valence electrons. The SMILES string of the molecule is CC(Sc1ccncn1)C(C)C(=O)O. The van der Waals surface area contributed by atoms with E-state index in [1.54, 1.807) is 19.2 Å². The second-order valence-electron chi connectivity index (χ2n) is 3.00. The molecule has 1 rings (SSSR count). The van der Waals surface area contributed by atoms with Crippen molar-refractivity contribution in [2.45, 2.75) is 24.1 Å². The van der Waals surface area contributed by atoms with Gasteiger partial charge >= 0.3 is 5.97 Å². The molecule has 2 atom stereocenters. The zero-order chi connectivity index (χ0) is 10.6. The predicted octanol–water partition coefficient (Wildman–Crippen LogP) is 1.68. The summed E-state index contributed by atoms with van der Waals surface area (Å²) in [6.45, 7) is 3.58. The number of rotatable bonds is 4. The minimum atomic E-state index is -0.779. The molecule has 0 aliphatic carbocycles. The molecule has 1 heterocycles. The van der Waals surface area contributed by atoms with Crippen LogP contribution in [-0.2, 0) is 4.79 Å². The van der Waals surface area contributed by atoms with Crippen LogP contribution in [0.25, 0.3) is 0 Å². The molecule has 1 aromatic heterocycles. The van der Waals surface area contributed by atoms with E-state index in [9.17, 15) is 4.79 Å². The van der Waals surface area contributed by atoms with Crippen LogP contribution in [0.15, 0.2) is 23.6 Å². The van der Waals surface area contributed by atoms with Gasteiger partial charge < -0.3 is 5.11 Å². The lowest BCUT2D eigenvalue weighted by molar-refractivity contribution is -0.140. The molecule has 4 nitrogen and oxygen atoms in total. The van der Waals surface area contributed by atoms with Gasteiger partial charge in [0.15, 0.2) is 0 Å². The predicted molar refractivity (Wildman–Crippen MR) is 54.2 cm³/mol. The first-order chi connectivity index (χ1) is 6.61. The van der Waals surface area contributed by atoms with E-state index in [1.807, 2.05) is 6.92 Å². The van der Waals surface area contributed by atoms with Gasteiger partial charge in [-0.3, -0.25) is 4.79 Å². The molecular formula is C9H12N2O2S. The highest BCUT2D eigenvalue weighted by Crippen LogP contribution is 2.25. The number of aromatic nitrogens is 2. The van der Waals surface area contributed by atoms with Gasteiger partial charge in [0, 0.05) is 11.4 Å². The minimum absolute atomic E-state index is 0.00222. The van der Waals surface area contributed by atoms with Crippen molar-refractivity contribution in [2.24, 2.45) is 5.92 Å². The smallest absolute Gasteiger partial charge is 0.307 e.